The van der Waals surface area contributed by atoms with Gasteiger partial charge in [0.25, 0.3) is 11.8 Å². The molecule has 6 rings (SSSR count). The van der Waals surface area contributed by atoms with Crippen LogP contribution < -0.4 is 0 Å². The van der Waals surface area contributed by atoms with Gasteiger partial charge < -0.3 is 14.5 Å². The Morgan fingerprint density at radius 1 is 0.854 bits per heavy atom. The molecule has 2 saturated heterocycles. The molecule has 2 unspecified atom stereocenters. The minimum Gasteiger partial charge on any atom is -0.482 e. The van der Waals surface area contributed by atoms with Crippen molar-refractivity contribution in [1.29, 1.82) is 0 Å². The molecule has 2 aliphatic heterocycles. The van der Waals surface area contributed by atoms with Gasteiger partial charge in [0.05, 0.1) is 6.04 Å². The number of hydrogen-bond acceptors (Lipinski definition) is 4. The zero-order valence-electron chi connectivity index (χ0n) is 23.3. The lowest BCUT2D eigenvalue weighted by molar-refractivity contribution is -0.149. The van der Waals surface area contributed by atoms with Crippen LogP contribution in [-0.2, 0) is 22.6 Å². The lowest BCUT2D eigenvalue weighted by Gasteiger charge is -2.44. The van der Waals surface area contributed by atoms with E-state index in [1.165, 1.54) is 11.6 Å². The molecule has 3 aliphatic rings. The molecule has 7 heteroatoms. The Morgan fingerprint density at radius 2 is 1.56 bits per heavy atom. The van der Waals surface area contributed by atoms with Crippen molar-refractivity contribution in [3.8, 4) is 0 Å². The van der Waals surface area contributed by atoms with Gasteiger partial charge in [-0.2, -0.15) is 0 Å². The van der Waals surface area contributed by atoms with Gasteiger partial charge in [0, 0.05) is 50.4 Å². The zero-order chi connectivity index (χ0) is 28.2. The van der Waals surface area contributed by atoms with Gasteiger partial charge in [-0.3, -0.25) is 14.5 Å². The van der Waals surface area contributed by atoms with Gasteiger partial charge in [-0.05, 0) is 54.7 Å². The van der Waals surface area contributed by atoms with E-state index in [2.05, 4.69) is 29.2 Å². The van der Waals surface area contributed by atoms with Crippen molar-refractivity contribution < 1.29 is 18.7 Å². The maximum Gasteiger partial charge on any atom is 0.289 e. The van der Waals surface area contributed by atoms with Crippen LogP contribution in [0, 0.1) is 5.82 Å². The zero-order valence-corrected chi connectivity index (χ0v) is 23.3. The number of hydrogen-bond donors (Lipinski definition) is 0. The highest BCUT2D eigenvalue weighted by atomic mass is 19.1. The van der Waals surface area contributed by atoms with Crippen molar-refractivity contribution in [2.75, 3.05) is 26.2 Å². The fraction of sp³-hybridized carbons (Fsp3) is 0.353. The molecule has 1 saturated carbocycles. The highest BCUT2D eigenvalue weighted by Gasteiger charge is 2.41. The minimum atomic E-state index is -0.303. The van der Waals surface area contributed by atoms with Crippen molar-refractivity contribution in [1.82, 2.24) is 14.7 Å². The molecule has 2 amide bonds. The molecule has 212 valence electrons. The monoisotopic (exact) mass is 553 g/mol. The van der Waals surface area contributed by atoms with Gasteiger partial charge in [0.15, 0.2) is 5.76 Å². The molecular formula is C34H36FN3O3. The van der Waals surface area contributed by atoms with E-state index < -0.39 is 0 Å². The maximum absolute atomic E-state index is 14.5. The molecule has 0 spiro atoms. The molecule has 3 aromatic carbocycles. The van der Waals surface area contributed by atoms with E-state index >= 15 is 0 Å². The third kappa shape index (κ3) is 6.20. The van der Waals surface area contributed by atoms with E-state index in [1.54, 1.807) is 29.2 Å². The SMILES string of the molecule is O=C(c1ccc(/C=C2\OC3CCCCC3N(Cc3ccccc3F)C2=O)cc1)N1CCN(Cc2ccccc2)CC1. The first-order valence-electron chi connectivity index (χ1n) is 14.6. The van der Waals surface area contributed by atoms with Crippen LogP contribution in [0.5, 0.6) is 0 Å². The standard InChI is InChI=1S/C34H36FN3O3/c35-29-11-5-4-10-28(29)24-38-30-12-6-7-13-31(30)41-32(34(38)40)22-25-14-16-27(17-15-25)33(39)37-20-18-36(19-21-37)23-26-8-2-1-3-9-26/h1-5,8-11,14-17,22,30-31H,6-7,12-13,18-21,23-24H2/b32-22-. The Labute approximate surface area is 241 Å². The maximum atomic E-state index is 14.5. The second-order valence-corrected chi connectivity index (χ2v) is 11.2. The number of rotatable bonds is 6. The Morgan fingerprint density at radius 3 is 2.32 bits per heavy atom. The van der Waals surface area contributed by atoms with E-state index in [-0.39, 0.29) is 42.1 Å². The summed E-state index contributed by atoms with van der Waals surface area (Å²) in [6.45, 7) is 4.19. The molecule has 0 radical (unpaired) electrons. The van der Waals surface area contributed by atoms with E-state index in [4.69, 9.17) is 4.74 Å². The molecule has 41 heavy (non-hydrogen) atoms. The molecule has 0 N–H and O–H groups in total. The molecule has 2 heterocycles. The topological polar surface area (TPSA) is 53.1 Å². The number of ether oxygens (including phenoxy) is 1. The number of carbonyl (C=O) groups excluding carboxylic acids is 2. The molecule has 6 nitrogen and oxygen atoms in total. The third-order valence-electron chi connectivity index (χ3n) is 8.48. The van der Waals surface area contributed by atoms with Crippen molar-refractivity contribution >= 4 is 17.9 Å². The highest BCUT2D eigenvalue weighted by Crippen LogP contribution is 2.34. The molecule has 2 atom stereocenters. The third-order valence-corrected chi connectivity index (χ3v) is 8.48. The second-order valence-electron chi connectivity index (χ2n) is 11.2. The average molecular weight is 554 g/mol. The first-order chi connectivity index (χ1) is 20.0. The average Bonchev–Trinajstić information content (AvgIpc) is 3.01. The van der Waals surface area contributed by atoms with Crippen molar-refractivity contribution in [2.45, 2.75) is 50.9 Å². The summed E-state index contributed by atoms with van der Waals surface area (Å²) in [6, 6.07) is 24.3. The second kappa shape index (κ2) is 12.3. The summed E-state index contributed by atoms with van der Waals surface area (Å²) < 4.78 is 20.7. The number of morpholine rings is 1. The van der Waals surface area contributed by atoms with Gasteiger partial charge in [-0.15, -0.1) is 0 Å². The Balaban J connectivity index is 1.12. The first-order valence-corrected chi connectivity index (χ1v) is 14.6. The van der Waals surface area contributed by atoms with Crippen LogP contribution in [0.15, 0.2) is 84.6 Å². The molecule has 0 aromatic heterocycles. The van der Waals surface area contributed by atoms with Crippen LogP contribution >= 0.6 is 0 Å². The number of piperazine rings is 1. The lowest BCUT2D eigenvalue weighted by Crippen LogP contribution is -2.54. The van der Waals surface area contributed by atoms with Crippen LogP contribution in [0.25, 0.3) is 6.08 Å². The Kier molecular flexibility index (Phi) is 8.14. The van der Waals surface area contributed by atoms with Gasteiger partial charge in [0.1, 0.15) is 11.9 Å². The number of amides is 2. The summed E-state index contributed by atoms with van der Waals surface area (Å²) in [5.74, 6) is -0.222. The Hall–Kier alpha value is -3.97. The van der Waals surface area contributed by atoms with Crippen LogP contribution in [0.1, 0.15) is 52.7 Å². The van der Waals surface area contributed by atoms with E-state index in [1.807, 2.05) is 35.2 Å². The number of nitrogens with zero attached hydrogens (tertiary/aromatic N) is 3. The summed E-state index contributed by atoms with van der Waals surface area (Å²) >= 11 is 0. The number of fused-ring (bicyclic) bond motifs is 1. The van der Waals surface area contributed by atoms with Gasteiger partial charge in [-0.25, -0.2) is 4.39 Å². The lowest BCUT2D eigenvalue weighted by atomic mass is 9.89. The molecule has 1 aliphatic carbocycles. The normalized spacial score (nSPS) is 22.4. The smallest absolute Gasteiger partial charge is 0.289 e. The van der Waals surface area contributed by atoms with Crippen molar-refractivity contribution in [2.24, 2.45) is 0 Å². The summed E-state index contributed by atoms with van der Waals surface area (Å²) in [5.41, 5.74) is 3.22. The highest BCUT2D eigenvalue weighted by molar-refractivity contribution is 5.97. The summed E-state index contributed by atoms with van der Waals surface area (Å²) in [4.78, 5) is 32.8. The van der Waals surface area contributed by atoms with Crippen LogP contribution in [0.4, 0.5) is 4.39 Å². The predicted molar refractivity (Wildman–Crippen MR) is 156 cm³/mol. The largest absolute Gasteiger partial charge is 0.482 e. The van der Waals surface area contributed by atoms with Gasteiger partial charge in [-0.1, -0.05) is 67.1 Å². The predicted octanol–water partition coefficient (Wildman–Crippen LogP) is 5.49. The van der Waals surface area contributed by atoms with E-state index in [0.717, 1.165) is 50.9 Å². The molecular weight excluding hydrogens is 517 g/mol. The fourth-order valence-electron chi connectivity index (χ4n) is 6.18. The number of carbonyl (C=O) groups is 2. The van der Waals surface area contributed by atoms with E-state index in [0.29, 0.717) is 24.2 Å². The molecule has 0 bridgehead atoms. The summed E-state index contributed by atoms with van der Waals surface area (Å²) in [5, 5.41) is 0. The molecule has 3 fully saturated rings. The molecule has 3 aromatic rings. The quantitative estimate of drug-likeness (QED) is 0.379. The number of halogens is 1. The van der Waals surface area contributed by atoms with Crippen LogP contribution in [-0.4, -0.2) is 64.8 Å². The fourth-order valence-corrected chi connectivity index (χ4v) is 6.18. The number of benzene rings is 3. The first kappa shape index (κ1) is 27.2. The van der Waals surface area contributed by atoms with Gasteiger partial charge in [0.2, 0.25) is 0 Å². The Bertz CT molecular complexity index is 1400. The summed E-state index contributed by atoms with van der Waals surface area (Å²) in [7, 11) is 0. The van der Waals surface area contributed by atoms with Crippen molar-refractivity contribution in [3.05, 3.63) is 113 Å². The van der Waals surface area contributed by atoms with Gasteiger partial charge >= 0.3 is 0 Å². The summed E-state index contributed by atoms with van der Waals surface area (Å²) in [6.07, 6.45) is 5.46. The minimum absolute atomic E-state index is 0.0228. The van der Waals surface area contributed by atoms with E-state index in [9.17, 15) is 14.0 Å². The van der Waals surface area contributed by atoms with Crippen LogP contribution in [0.2, 0.25) is 0 Å². The van der Waals surface area contributed by atoms with Crippen molar-refractivity contribution in [3.63, 3.8) is 0 Å². The van der Waals surface area contributed by atoms with Crippen LogP contribution in [0.3, 0.4) is 0 Å².